The standard InChI is InChI=1S/C13H19ClN2O2S/c14-12-1-3-13(4-2-12)19(17,18)16-9-6-11(5-8-15)7-10-16/h1-4,11H,5-10,15H2. The molecule has 0 aliphatic carbocycles. The molecule has 1 aliphatic rings. The lowest BCUT2D eigenvalue weighted by atomic mass is 9.95. The van der Waals surface area contributed by atoms with Crippen LogP contribution in [-0.4, -0.2) is 32.4 Å². The molecule has 1 heterocycles. The summed E-state index contributed by atoms with van der Waals surface area (Å²) in [5.74, 6) is 0.557. The van der Waals surface area contributed by atoms with Crippen LogP contribution in [0.2, 0.25) is 5.02 Å². The lowest BCUT2D eigenvalue weighted by Gasteiger charge is -2.31. The maximum atomic E-state index is 12.4. The van der Waals surface area contributed by atoms with Crippen molar-refractivity contribution in [3.8, 4) is 0 Å². The topological polar surface area (TPSA) is 63.4 Å². The minimum Gasteiger partial charge on any atom is -0.330 e. The Labute approximate surface area is 119 Å². The van der Waals surface area contributed by atoms with Gasteiger partial charge >= 0.3 is 0 Å². The van der Waals surface area contributed by atoms with Crippen LogP contribution in [0.3, 0.4) is 0 Å². The van der Waals surface area contributed by atoms with Gasteiger partial charge in [0.25, 0.3) is 0 Å². The molecule has 0 unspecified atom stereocenters. The number of hydrogen-bond donors (Lipinski definition) is 1. The molecule has 1 aromatic rings. The first-order chi connectivity index (χ1) is 9.04. The van der Waals surface area contributed by atoms with Crippen LogP contribution < -0.4 is 5.73 Å². The average molecular weight is 303 g/mol. The monoisotopic (exact) mass is 302 g/mol. The van der Waals surface area contributed by atoms with Crippen molar-refractivity contribution in [3.05, 3.63) is 29.3 Å². The number of sulfonamides is 1. The van der Waals surface area contributed by atoms with Gasteiger partial charge in [-0.05, 0) is 56.0 Å². The van der Waals surface area contributed by atoms with E-state index in [2.05, 4.69) is 0 Å². The normalized spacial score (nSPS) is 18.6. The molecule has 0 spiro atoms. The van der Waals surface area contributed by atoms with Crippen molar-refractivity contribution in [2.45, 2.75) is 24.2 Å². The largest absolute Gasteiger partial charge is 0.330 e. The van der Waals surface area contributed by atoms with E-state index in [0.717, 1.165) is 19.3 Å². The van der Waals surface area contributed by atoms with Crippen molar-refractivity contribution < 1.29 is 8.42 Å². The smallest absolute Gasteiger partial charge is 0.243 e. The second-order valence-corrected chi connectivity index (χ2v) is 7.25. The van der Waals surface area contributed by atoms with E-state index in [1.54, 1.807) is 28.6 Å². The van der Waals surface area contributed by atoms with Crippen molar-refractivity contribution in [3.63, 3.8) is 0 Å². The van der Waals surface area contributed by atoms with E-state index in [1.807, 2.05) is 0 Å². The molecule has 1 aliphatic heterocycles. The summed E-state index contributed by atoms with van der Waals surface area (Å²) < 4.78 is 26.4. The van der Waals surface area contributed by atoms with Crippen LogP contribution in [0.25, 0.3) is 0 Å². The highest BCUT2D eigenvalue weighted by atomic mass is 35.5. The molecule has 4 nitrogen and oxygen atoms in total. The third kappa shape index (κ3) is 3.48. The van der Waals surface area contributed by atoms with Crippen molar-refractivity contribution in [1.29, 1.82) is 0 Å². The highest BCUT2D eigenvalue weighted by Gasteiger charge is 2.28. The Hall–Kier alpha value is -0.620. The summed E-state index contributed by atoms with van der Waals surface area (Å²) in [7, 11) is -3.37. The Morgan fingerprint density at radius 3 is 2.32 bits per heavy atom. The maximum Gasteiger partial charge on any atom is 0.243 e. The molecule has 0 aromatic heterocycles. The Morgan fingerprint density at radius 1 is 1.21 bits per heavy atom. The molecular weight excluding hydrogens is 284 g/mol. The molecule has 2 N–H and O–H groups in total. The van der Waals surface area contributed by atoms with Crippen LogP contribution >= 0.6 is 11.6 Å². The van der Waals surface area contributed by atoms with Crippen molar-refractivity contribution >= 4 is 21.6 Å². The number of rotatable bonds is 4. The number of nitrogens with two attached hydrogens (primary N) is 1. The Bertz CT molecular complexity index is 508. The molecule has 6 heteroatoms. The van der Waals surface area contributed by atoms with Gasteiger partial charge in [0.05, 0.1) is 4.90 Å². The van der Waals surface area contributed by atoms with E-state index in [0.29, 0.717) is 35.5 Å². The zero-order valence-corrected chi connectivity index (χ0v) is 12.3. The predicted molar refractivity (Wildman–Crippen MR) is 76.6 cm³/mol. The van der Waals surface area contributed by atoms with Crippen molar-refractivity contribution in [1.82, 2.24) is 4.31 Å². The summed E-state index contributed by atoms with van der Waals surface area (Å²) >= 11 is 5.78. The average Bonchev–Trinajstić information content (AvgIpc) is 2.40. The van der Waals surface area contributed by atoms with Crippen LogP contribution in [0, 0.1) is 5.92 Å². The minimum atomic E-state index is -3.37. The molecular formula is C13H19ClN2O2S. The molecule has 0 bridgehead atoms. The molecule has 0 atom stereocenters. The van der Waals surface area contributed by atoms with Crippen LogP contribution in [0.15, 0.2) is 29.2 Å². The van der Waals surface area contributed by atoms with E-state index >= 15 is 0 Å². The number of hydrogen-bond acceptors (Lipinski definition) is 3. The summed E-state index contributed by atoms with van der Waals surface area (Å²) in [6, 6.07) is 6.33. The zero-order valence-electron chi connectivity index (χ0n) is 10.8. The van der Waals surface area contributed by atoms with E-state index < -0.39 is 10.0 Å². The summed E-state index contributed by atoms with van der Waals surface area (Å²) in [4.78, 5) is 0.314. The fourth-order valence-electron chi connectivity index (χ4n) is 2.43. The molecule has 1 aromatic carbocycles. The lowest BCUT2D eigenvalue weighted by Crippen LogP contribution is -2.38. The van der Waals surface area contributed by atoms with Gasteiger partial charge in [0.1, 0.15) is 0 Å². The van der Waals surface area contributed by atoms with Gasteiger partial charge in [-0.3, -0.25) is 0 Å². The number of benzene rings is 1. The van der Waals surface area contributed by atoms with E-state index in [9.17, 15) is 8.42 Å². The molecule has 0 amide bonds. The van der Waals surface area contributed by atoms with Crippen LogP contribution in [-0.2, 0) is 10.0 Å². The van der Waals surface area contributed by atoms with Gasteiger partial charge in [-0.2, -0.15) is 4.31 Å². The number of nitrogens with zero attached hydrogens (tertiary/aromatic N) is 1. The molecule has 0 saturated carbocycles. The fourth-order valence-corrected chi connectivity index (χ4v) is 4.03. The summed E-state index contributed by atoms with van der Waals surface area (Å²) in [5, 5.41) is 0.542. The molecule has 2 rings (SSSR count). The quantitative estimate of drug-likeness (QED) is 0.926. The first kappa shape index (κ1) is 14.8. The second-order valence-electron chi connectivity index (χ2n) is 4.88. The molecule has 19 heavy (non-hydrogen) atoms. The molecule has 106 valence electrons. The highest BCUT2D eigenvalue weighted by molar-refractivity contribution is 7.89. The van der Waals surface area contributed by atoms with E-state index in [4.69, 9.17) is 17.3 Å². The third-order valence-electron chi connectivity index (χ3n) is 3.60. The second kappa shape index (κ2) is 6.22. The molecule has 1 fully saturated rings. The summed E-state index contributed by atoms with van der Waals surface area (Å²) in [5.41, 5.74) is 5.54. The maximum absolute atomic E-state index is 12.4. The Balaban J connectivity index is 2.07. The minimum absolute atomic E-state index is 0.314. The lowest BCUT2D eigenvalue weighted by molar-refractivity contribution is 0.266. The van der Waals surface area contributed by atoms with E-state index in [-0.39, 0.29) is 0 Å². The summed E-state index contributed by atoms with van der Waals surface area (Å²) in [6.07, 6.45) is 2.77. The third-order valence-corrected chi connectivity index (χ3v) is 5.76. The zero-order chi connectivity index (χ0) is 13.9. The number of piperidine rings is 1. The fraction of sp³-hybridized carbons (Fsp3) is 0.538. The van der Waals surface area contributed by atoms with Crippen molar-refractivity contribution in [2.24, 2.45) is 11.7 Å². The van der Waals surface area contributed by atoms with Gasteiger partial charge in [0, 0.05) is 18.1 Å². The van der Waals surface area contributed by atoms with Gasteiger partial charge in [-0.15, -0.1) is 0 Å². The van der Waals surface area contributed by atoms with Gasteiger partial charge in [-0.1, -0.05) is 11.6 Å². The molecule has 1 saturated heterocycles. The first-order valence-corrected chi connectivity index (χ1v) is 8.31. The van der Waals surface area contributed by atoms with Crippen molar-refractivity contribution in [2.75, 3.05) is 19.6 Å². The van der Waals surface area contributed by atoms with Crippen LogP contribution in [0.4, 0.5) is 0 Å². The van der Waals surface area contributed by atoms with Crippen LogP contribution in [0.5, 0.6) is 0 Å². The number of halogens is 1. The van der Waals surface area contributed by atoms with Gasteiger partial charge in [0.15, 0.2) is 0 Å². The van der Waals surface area contributed by atoms with Gasteiger partial charge < -0.3 is 5.73 Å². The predicted octanol–water partition coefficient (Wildman–Crippen LogP) is 2.09. The van der Waals surface area contributed by atoms with Gasteiger partial charge in [-0.25, -0.2) is 8.42 Å². The Kier molecular flexibility index (Phi) is 4.84. The summed E-state index contributed by atoms with van der Waals surface area (Å²) in [6.45, 7) is 1.83. The van der Waals surface area contributed by atoms with Crippen LogP contribution in [0.1, 0.15) is 19.3 Å². The van der Waals surface area contributed by atoms with Gasteiger partial charge in [0.2, 0.25) is 10.0 Å². The highest BCUT2D eigenvalue weighted by Crippen LogP contribution is 2.25. The van der Waals surface area contributed by atoms with E-state index in [1.165, 1.54) is 0 Å². The first-order valence-electron chi connectivity index (χ1n) is 6.50. The molecule has 0 radical (unpaired) electrons. The SMILES string of the molecule is NCCC1CCN(S(=O)(=O)c2ccc(Cl)cc2)CC1. The Morgan fingerprint density at radius 2 is 1.79 bits per heavy atom.